The Morgan fingerprint density at radius 3 is 2.27 bits per heavy atom. The van der Waals surface area contributed by atoms with Crippen molar-refractivity contribution in [2.75, 3.05) is 11.9 Å². The van der Waals surface area contributed by atoms with Gasteiger partial charge in [-0.25, -0.2) is 17.2 Å². The fourth-order valence-corrected chi connectivity index (χ4v) is 4.20. The van der Waals surface area contributed by atoms with Crippen molar-refractivity contribution >= 4 is 21.6 Å². The van der Waals surface area contributed by atoms with Gasteiger partial charge >= 0.3 is 0 Å². The number of hydrogen-bond acceptors (Lipinski definition) is 3. The number of anilines is 1. The Labute approximate surface area is 174 Å². The first-order chi connectivity index (χ1) is 14.3. The Morgan fingerprint density at radius 2 is 1.63 bits per heavy atom. The number of sulfonamides is 1. The van der Waals surface area contributed by atoms with Crippen LogP contribution in [0.3, 0.4) is 0 Å². The van der Waals surface area contributed by atoms with Gasteiger partial charge in [0.05, 0.1) is 17.1 Å². The lowest BCUT2D eigenvalue weighted by Crippen LogP contribution is -2.37. The quantitative estimate of drug-likeness (QED) is 0.614. The van der Waals surface area contributed by atoms with E-state index in [4.69, 9.17) is 0 Å². The van der Waals surface area contributed by atoms with Gasteiger partial charge in [-0.2, -0.15) is 4.31 Å². The minimum Gasteiger partial charge on any atom is -0.322 e. The SMILES string of the molecule is Cc1ccc(S(=O)(=O)N(CC(=O)Nc2ccc(F)cc2F)Cc2ccccc2)cc1. The van der Waals surface area contributed by atoms with Crippen LogP contribution in [0.5, 0.6) is 0 Å². The second kappa shape index (κ2) is 9.15. The first kappa shape index (κ1) is 21.6. The standard InChI is InChI=1S/C22H20F2N2O3S/c1-16-7-10-19(11-8-16)30(28,29)26(14-17-5-3-2-4-6-17)15-22(27)25-21-12-9-18(23)13-20(21)24/h2-13H,14-15H2,1H3,(H,25,27). The van der Waals surface area contributed by atoms with Crippen molar-refractivity contribution in [3.63, 3.8) is 0 Å². The summed E-state index contributed by atoms with van der Waals surface area (Å²) in [5.41, 5.74) is 1.36. The molecule has 0 aliphatic rings. The van der Waals surface area contributed by atoms with Crippen LogP contribution in [0.4, 0.5) is 14.5 Å². The van der Waals surface area contributed by atoms with Gasteiger partial charge in [-0.05, 0) is 36.8 Å². The highest BCUT2D eigenvalue weighted by Crippen LogP contribution is 2.20. The van der Waals surface area contributed by atoms with E-state index in [0.29, 0.717) is 11.6 Å². The molecule has 3 aromatic rings. The van der Waals surface area contributed by atoms with Crippen molar-refractivity contribution in [2.45, 2.75) is 18.4 Å². The zero-order chi connectivity index (χ0) is 21.7. The molecule has 0 spiro atoms. The molecule has 0 heterocycles. The van der Waals surface area contributed by atoms with E-state index in [1.165, 1.54) is 12.1 Å². The average molecular weight is 430 g/mol. The van der Waals surface area contributed by atoms with Crippen molar-refractivity contribution in [1.29, 1.82) is 0 Å². The largest absolute Gasteiger partial charge is 0.322 e. The molecule has 0 saturated carbocycles. The molecule has 0 saturated heterocycles. The maximum absolute atomic E-state index is 13.8. The van der Waals surface area contributed by atoms with E-state index >= 15 is 0 Å². The van der Waals surface area contributed by atoms with E-state index in [0.717, 1.165) is 22.0 Å². The third-order valence-electron chi connectivity index (χ3n) is 4.39. The summed E-state index contributed by atoms with van der Waals surface area (Å²) in [6.07, 6.45) is 0. The Morgan fingerprint density at radius 1 is 0.967 bits per heavy atom. The van der Waals surface area contributed by atoms with Crippen LogP contribution in [0.25, 0.3) is 0 Å². The number of nitrogens with zero attached hydrogens (tertiary/aromatic N) is 1. The molecule has 1 N–H and O–H groups in total. The summed E-state index contributed by atoms with van der Waals surface area (Å²) in [7, 11) is -4.00. The van der Waals surface area contributed by atoms with Crippen molar-refractivity contribution in [3.8, 4) is 0 Å². The van der Waals surface area contributed by atoms with Gasteiger partial charge in [0.1, 0.15) is 11.6 Å². The number of nitrogens with one attached hydrogen (secondary N) is 1. The number of benzene rings is 3. The first-order valence-corrected chi connectivity index (χ1v) is 10.6. The summed E-state index contributed by atoms with van der Waals surface area (Å²) in [5, 5.41) is 2.30. The average Bonchev–Trinajstić information content (AvgIpc) is 2.71. The number of halogens is 2. The summed E-state index contributed by atoms with van der Waals surface area (Å²) < 4.78 is 54.3. The molecule has 0 aliphatic carbocycles. The molecule has 0 unspecified atom stereocenters. The molecule has 3 aromatic carbocycles. The maximum atomic E-state index is 13.8. The smallest absolute Gasteiger partial charge is 0.243 e. The summed E-state index contributed by atoms with van der Waals surface area (Å²) in [4.78, 5) is 12.6. The Hall–Kier alpha value is -3.10. The summed E-state index contributed by atoms with van der Waals surface area (Å²) in [5.74, 6) is -2.47. The Kier molecular flexibility index (Phi) is 6.59. The van der Waals surface area contributed by atoms with Crippen LogP contribution in [-0.2, 0) is 21.4 Å². The molecular formula is C22H20F2N2O3S. The molecule has 0 aromatic heterocycles. The van der Waals surface area contributed by atoms with Crippen LogP contribution in [0.15, 0.2) is 77.7 Å². The predicted molar refractivity (Wildman–Crippen MR) is 110 cm³/mol. The van der Waals surface area contributed by atoms with E-state index in [1.807, 2.05) is 6.92 Å². The van der Waals surface area contributed by atoms with Gasteiger partial charge in [0.25, 0.3) is 0 Å². The molecule has 0 fully saturated rings. The molecule has 0 aliphatic heterocycles. The van der Waals surface area contributed by atoms with E-state index in [1.54, 1.807) is 42.5 Å². The molecule has 30 heavy (non-hydrogen) atoms. The lowest BCUT2D eigenvalue weighted by molar-refractivity contribution is -0.116. The number of hydrogen-bond donors (Lipinski definition) is 1. The van der Waals surface area contributed by atoms with Crippen molar-refractivity contribution < 1.29 is 22.0 Å². The van der Waals surface area contributed by atoms with Crippen molar-refractivity contribution in [3.05, 3.63) is 95.6 Å². The summed E-state index contributed by atoms with van der Waals surface area (Å²) in [6.45, 7) is 1.25. The Balaban J connectivity index is 1.87. The number of rotatable bonds is 7. The highest BCUT2D eigenvalue weighted by atomic mass is 32.2. The van der Waals surface area contributed by atoms with Gasteiger partial charge in [-0.3, -0.25) is 4.79 Å². The molecule has 0 bridgehead atoms. The molecule has 156 valence electrons. The number of aryl methyl sites for hydroxylation is 1. The van der Waals surface area contributed by atoms with Crippen LogP contribution in [0.1, 0.15) is 11.1 Å². The molecule has 1 amide bonds. The van der Waals surface area contributed by atoms with Crippen LogP contribution in [0, 0.1) is 18.6 Å². The molecule has 0 radical (unpaired) electrons. The fourth-order valence-electron chi connectivity index (χ4n) is 2.81. The number of carbonyl (C=O) groups excluding carboxylic acids is 1. The van der Waals surface area contributed by atoms with Gasteiger partial charge in [0.15, 0.2) is 0 Å². The summed E-state index contributed by atoms with van der Waals surface area (Å²) in [6, 6.07) is 17.8. The zero-order valence-corrected chi connectivity index (χ0v) is 17.0. The number of amides is 1. The summed E-state index contributed by atoms with van der Waals surface area (Å²) >= 11 is 0. The van der Waals surface area contributed by atoms with Crippen LogP contribution in [-0.4, -0.2) is 25.2 Å². The van der Waals surface area contributed by atoms with E-state index in [2.05, 4.69) is 5.32 Å². The van der Waals surface area contributed by atoms with E-state index in [9.17, 15) is 22.0 Å². The monoisotopic (exact) mass is 430 g/mol. The van der Waals surface area contributed by atoms with Crippen LogP contribution >= 0.6 is 0 Å². The predicted octanol–water partition coefficient (Wildman–Crippen LogP) is 4.10. The van der Waals surface area contributed by atoms with E-state index in [-0.39, 0.29) is 17.1 Å². The molecule has 0 atom stereocenters. The normalized spacial score (nSPS) is 11.5. The lowest BCUT2D eigenvalue weighted by Gasteiger charge is -2.22. The van der Waals surface area contributed by atoms with E-state index < -0.39 is 34.1 Å². The van der Waals surface area contributed by atoms with Gasteiger partial charge in [0.2, 0.25) is 15.9 Å². The molecular weight excluding hydrogens is 410 g/mol. The van der Waals surface area contributed by atoms with Gasteiger partial charge in [-0.1, -0.05) is 48.0 Å². The third-order valence-corrected chi connectivity index (χ3v) is 6.19. The van der Waals surface area contributed by atoms with Gasteiger partial charge < -0.3 is 5.32 Å². The van der Waals surface area contributed by atoms with Crippen LogP contribution < -0.4 is 5.32 Å². The van der Waals surface area contributed by atoms with Crippen LogP contribution in [0.2, 0.25) is 0 Å². The lowest BCUT2D eigenvalue weighted by atomic mass is 10.2. The highest BCUT2D eigenvalue weighted by Gasteiger charge is 2.27. The third kappa shape index (κ3) is 5.28. The molecule has 8 heteroatoms. The maximum Gasteiger partial charge on any atom is 0.243 e. The number of carbonyl (C=O) groups is 1. The molecule has 5 nitrogen and oxygen atoms in total. The van der Waals surface area contributed by atoms with Gasteiger partial charge in [0, 0.05) is 12.6 Å². The second-order valence-corrected chi connectivity index (χ2v) is 8.68. The first-order valence-electron chi connectivity index (χ1n) is 9.11. The highest BCUT2D eigenvalue weighted by molar-refractivity contribution is 7.89. The topological polar surface area (TPSA) is 66.5 Å². The molecule has 3 rings (SSSR count). The zero-order valence-electron chi connectivity index (χ0n) is 16.2. The minimum absolute atomic E-state index is 0.0453. The van der Waals surface area contributed by atoms with Gasteiger partial charge in [-0.15, -0.1) is 0 Å². The van der Waals surface area contributed by atoms with Crippen molar-refractivity contribution in [2.24, 2.45) is 0 Å². The minimum atomic E-state index is -4.00. The second-order valence-electron chi connectivity index (χ2n) is 6.74. The fraction of sp³-hybridized carbons (Fsp3) is 0.136. The van der Waals surface area contributed by atoms with Crippen molar-refractivity contribution in [1.82, 2.24) is 4.31 Å². The Bertz CT molecular complexity index is 1130.